The molecule has 0 amide bonds. The van der Waals surface area contributed by atoms with Gasteiger partial charge in [-0.25, -0.2) is 0 Å². The molecular weight excluding hydrogens is 236 g/mol. The fourth-order valence-electron chi connectivity index (χ4n) is 1.97. The summed E-state index contributed by atoms with van der Waals surface area (Å²) in [6, 6.07) is 14.5. The fourth-order valence-corrected chi connectivity index (χ4v) is 2.41. The molecule has 0 spiro atoms. The van der Waals surface area contributed by atoms with Gasteiger partial charge < -0.3 is 4.43 Å². The Morgan fingerprint density at radius 2 is 1.61 bits per heavy atom. The van der Waals surface area contributed by atoms with E-state index in [-0.39, 0.29) is 0 Å². The molecule has 0 atom stereocenters. The van der Waals surface area contributed by atoms with Crippen molar-refractivity contribution in [3.8, 4) is 5.75 Å². The first-order valence-electron chi connectivity index (χ1n) is 6.09. The molecule has 0 aliphatic heterocycles. The van der Waals surface area contributed by atoms with Crippen LogP contribution < -0.4 is 4.43 Å². The summed E-state index contributed by atoms with van der Waals surface area (Å²) < 4.78 is 5.46. The van der Waals surface area contributed by atoms with E-state index in [1.165, 1.54) is 22.3 Å². The van der Waals surface area contributed by atoms with Gasteiger partial charge in [0.15, 0.2) is 0 Å². The Morgan fingerprint density at radius 1 is 0.889 bits per heavy atom. The first-order chi connectivity index (χ1) is 8.72. The Hall–Kier alpha value is -1.80. The van der Waals surface area contributed by atoms with Crippen molar-refractivity contribution < 1.29 is 4.43 Å². The van der Waals surface area contributed by atoms with Crippen LogP contribution in [0.2, 0.25) is 0 Å². The van der Waals surface area contributed by atoms with Crippen LogP contribution in [0, 0.1) is 13.8 Å². The summed E-state index contributed by atoms with van der Waals surface area (Å²) in [7, 11) is 0.735. The van der Waals surface area contributed by atoms with Crippen molar-refractivity contribution in [1.82, 2.24) is 0 Å². The molecule has 0 N–H and O–H groups in total. The van der Waals surface area contributed by atoms with Crippen LogP contribution in [0.15, 0.2) is 42.5 Å². The molecule has 0 bridgehead atoms. The summed E-state index contributed by atoms with van der Waals surface area (Å²) in [5.41, 5.74) is 4.99. The van der Waals surface area contributed by atoms with Crippen molar-refractivity contribution in [2.45, 2.75) is 13.8 Å². The zero-order valence-corrected chi connectivity index (χ0v) is 13.1. The summed E-state index contributed by atoms with van der Waals surface area (Å²) in [4.78, 5) is 0. The second kappa shape index (κ2) is 5.69. The lowest BCUT2D eigenvalue weighted by atomic mass is 10.0. The number of hydrogen-bond acceptors (Lipinski definition) is 1. The van der Waals surface area contributed by atoms with Crippen LogP contribution in [0.5, 0.6) is 5.75 Å². The molecule has 0 aliphatic rings. The summed E-state index contributed by atoms with van der Waals surface area (Å²) >= 11 is 0. The molecule has 2 heteroatoms. The van der Waals surface area contributed by atoms with E-state index in [9.17, 15) is 0 Å². The number of rotatable bonds is 3. The molecule has 0 fully saturated rings. The molecule has 2 aromatic rings. The quantitative estimate of drug-likeness (QED) is 0.604. The number of hydrogen-bond donors (Lipinski definition) is 0. The van der Waals surface area contributed by atoms with Crippen LogP contribution in [0.3, 0.4) is 0 Å². The highest BCUT2D eigenvalue weighted by molar-refractivity contribution is 6.00. The van der Waals surface area contributed by atoms with Crippen LogP contribution in [0.4, 0.5) is 0 Å². The standard InChI is InChI=1S/C16H18OSi/c1-12-13(2)16(17-18)11-10-15(12)9-8-14-6-4-3-5-7-14/h3-11H,1-2,18H3. The van der Waals surface area contributed by atoms with Crippen LogP contribution in [0.1, 0.15) is 22.3 Å². The Balaban J connectivity index is 2.30. The Kier molecular flexibility index (Phi) is 4.00. The molecule has 0 saturated heterocycles. The van der Waals surface area contributed by atoms with Gasteiger partial charge in [-0.3, -0.25) is 0 Å². The molecule has 0 aromatic heterocycles. The average Bonchev–Trinajstić information content (AvgIpc) is 2.42. The van der Waals surface area contributed by atoms with Gasteiger partial charge in [0.25, 0.3) is 0 Å². The van der Waals surface area contributed by atoms with Gasteiger partial charge in [-0.1, -0.05) is 48.6 Å². The van der Waals surface area contributed by atoms with Crippen molar-refractivity contribution in [1.29, 1.82) is 0 Å². The summed E-state index contributed by atoms with van der Waals surface area (Å²) in [5.74, 6) is 1.01. The zero-order chi connectivity index (χ0) is 13.0. The minimum atomic E-state index is 0.735. The third-order valence-corrected chi connectivity index (χ3v) is 3.69. The summed E-state index contributed by atoms with van der Waals surface area (Å²) in [5, 5.41) is 0. The SMILES string of the molecule is Cc1c(C=Cc2ccccc2)ccc(O[SiH3])c1C. The molecular formula is C16H18OSi. The van der Waals surface area contributed by atoms with Gasteiger partial charge in [-0.05, 0) is 42.2 Å². The van der Waals surface area contributed by atoms with E-state index in [0.717, 1.165) is 16.2 Å². The van der Waals surface area contributed by atoms with E-state index < -0.39 is 0 Å². The van der Waals surface area contributed by atoms with Crippen molar-refractivity contribution >= 4 is 22.6 Å². The Labute approximate surface area is 112 Å². The lowest BCUT2D eigenvalue weighted by Crippen LogP contribution is -1.93. The maximum Gasteiger partial charge on any atom is 0.204 e. The second-order valence-corrected chi connectivity index (χ2v) is 4.76. The van der Waals surface area contributed by atoms with E-state index >= 15 is 0 Å². The van der Waals surface area contributed by atoms with Gasteiger partial charge in [-0.15, -0.1) is 0 Å². The average molecular weight is 254 g/mol. The Bertz CT molecular complexity index is 559. The third kappa shape index (κ3) is 2.71. The second-order valence-electron chi connectivity index (χ2n) is 4.35. The van der Waals surface area contributed by atoms with Crippen LogP contribution in [-0.2, 0) is 0 Å². The summed E-state index contributed by atoms with van der Waals surface area (Å²) in [6.07, 6.45) is 4.30. The highest BCUT2D eigenvalue weighted by Crippen LogP contribution is 2.25. The van der Waals surface area contributed by atoms with Crippen molar-refractivity contribution in [3.05, 3.63) is 64.7 Å². The highest BCUT2D eigenvalue weighted by Gasteiger charge is 2.03. The molecule has 0 heterocycles. The van der Waals surface area contributed by atoms with E-state index in [2.05, 4.69) is 62.4 Å². The van der Waals surface area contributed by atoms with Gasteiger partial charge in [-0.2, -0.15) is 0 Å². The molecule has 0 unspecified atom stereocenters. The molecule has 0 aliphatic carbocycles. The van der Waals surface area contributed by atoms with E-state index in [4.69, 9.17) is 4.43 Å². The Morgan fingerprint density at radius 3 is 2.28 bits per heavy atom. The molecule has 0 saturated carbocycles. The normalized spacial score (nSPS) is 11.0. The van der Waals surface area contributed by atoms with Crippen molar-refractivity contribution in [2.24, 2.45) is 0 Å². The maximum absolute atomic E-state index is 5.46. The van der Waals surface area contributed by atoms with Crippen LogP contribution in [-0.4, -0.2) is 10.5 Å². The van der Waals surface area contributed by atoms with E-state index in [0.29, 0.717) is 0 Å². The van der Waals surface area contributed by atoms with E-state index in [1.807, 2.05) is 6.07 Å². The van der Waals surface area contributed by atoms with Crippen LogP contribution >= 0.6 is 0 Å². The van der Waals surface area contributed by atoms with E-state index in [1.54, 1.807) is 0 Å². The third-order valence-electron chi connectivity index (χ3n) is 3.25. The lowest BCUT2D eigenvalue weighted by molar-refractivity contribution is 0.609. The predicted octanol–water partition coefficient (Wildman–Crippen LogP) is 3.13. The fraction of sp³-hybridized carbons (Fsp3) is 0.125. The molecule has 18 heavy (non-hydrogen) atoms. The molecule has 2 rings (SSSR count). The van der Waals surface area contributed by atoms with Gasteiger partial charge in [0.05, 0.1) is 0 Å². The first kappa shape index (κ1) is 12.6. The van der Waals surface area contributed by atoms with Gasteiger partial charge >= 0.3 is 0 Å². The maximum atomic E-state index is 5.46. The van der Waals surface area contributed by atoms with Crippen molar-refractivity contribution in [2.75, 3.05) is 0 Å². The van der Waals surface area contributed by atoms with Crippen molar-refractivity contribution in [3.63, 3.8) is 0 Å². The zero-order valence-electron chi connectivity index (χ0n) is 11.1. The smallest absolute Gasteiger partial charge is 0.204 e. The molecule has 2 aromatic carbocycles. The predicted molar refractivity (Wildman–Crippen MR) is 81.9 cm³/mol. The minimum Gasteiger partial charge on any atom is -0.553 e. The lowest BCUT2D eigenvalue weighted by Gasteiger charge is -2.10. The highest BCUT2D eigenvalue weighted by atomic mass is 28.2. The van der Waals surface area contributed by atoms with Gasteiger partial charge in [0, 0.05) is 0 Å². The number of benzene rings is 2. The van der Waals surface area contributed by atoms with Gasteiger partial charge in [0.1, 0.15) is 5.75 Å². The van der Waals surface area contributed by atoms with Crippen LogP contribution in [0.25, 0.3) is 12.2 Å². The molecule has 92 valence electrons. The molecule has 0 radical (unpaired) electrons. The molecule has 1 nitrogen and oxygen atoms in total. The van der Waals surface area contributed by atoms with Gasteiger partial charge in [0.2, 0.25) is 10.5 Å². The monoisotopic (exact) mass is 254 g/mol. The minimum absolute atomic E-state index is 0.735. The topological polar surface area (TPSA) is 9.23 Å². The largest absolute Gasteiger partial charge is 0.553 e. The summed E-state index contributed by atoms with van der Waals surface area (Å²) in [6.45, 7) is 4.26. The first-order valence-corrected chi connectivity index (χ1v) is 6.91.